The molecule has 0 aromatic heterocycles. The number of hydrogen-bond acceptors (Lipinski definition) is 5. The molecule has 2 unspecified atom stereocenters. The second-order valence-corrected chi connectivity index (χ2v) is 9.51. The summed E-state index contributed by atoms with van der Waals surface area (Å²) in [5, 5.41) is 8.85. The summed E-state index contributed by atoms with van der Waals surface area (Å²) in [5.41, 5.74) is 1.79. The van der Waals surface area contributed by atoms with Crippen molar-refractivity contribution in [1.29, 1.82) is 5.26 Å². The molecule has 29 heavy (non-hydrogen) atoms. The van der Waals surface area contributed by atoms with Gasteiger partial charge in [-0.15, -0.1) is 0 Å². The summed E-state index contributed by atoms with van der Waals surface area (Å²) in [5.74, 6) is -0.880. The number of benzene rings is 2. The van der Waals surface area contributed by atoms with Gasteiger partial charge in [0.05, 0.1) is 34.8 Å². The van der Waals surface area contributed by atoms with Gasteiger partial charge in [-0.25, -0.2) is 8.42 Å². The quantitative estimate of drug-likeness (QED) is 0.485. The van der Waals surface area contributed by atoms with E-state index < -0.39 is 9.84 Å². The van der Waals surface area contributed by atoms with Crippen molar-refractivity contribution in [3.63, 3.8) is 0 Å². The van der Waals surface area contributed by atoms with Crippen molar-refractivity contribution >= 4 is 15.8 Å². The van der Waals surface area contributed by atoms with Crippen LogP contribution in [0, 0.1) is 23.2 Å². The number of hydrogen-bond donors (Lipinski definition) is 0. The minimum absolute atomic E-state index is 0.0214. The monoisotopic (exact) mass is 411 g/mol. The first-order valence-electron chi connectivity index (χ1n) is 9.93. The van der Waals surface area contributed by atoms with Gasteiger partial charge in [0.2, 0.25) is 0 Å². The minimum Gasteiger partial charge on any atom is -0.465 e. The molecule has 2 aromatic carbocycles. The lowest BCUT2D eigenvalue weighted by molar-refractivity contribution is -0.156. The van der Waals surface area contributed by atoms with Crippen LogP contribution < -0.4 is 0 Å². The summed E-state index contributed by atoms with van der Waals surface area (Å²) < 4.78 is 30.7. The molecule has 1 aliphatic heterocycles. The molecule has 1 saturated heterocycles. The summed E-state index contributed by atoms with van der Waals surface area (Å²) >= 11 is 0. The molecule has 0 radical (unpaired) electrons. The van der Waals surface area contributed by atoms with Crippen LogP contribution in [0.4, 0.5) is 0 Å². The van der Waals surface area contributed by atoms with E-state index in [0.29, 0.717) is 23.3 Å². The standard InChI is InChI=1S/C23H25NO4S/c24-16-19-12-10-18(11-13-19)6-4-5-9-22-20(14-15-28-23(22)25)17-29(26,27)21-7-2-1-3-8-21/h1-3,7-8,10-13,20,22H,4-6,9,14-15,17H2. The Balaban J connectivity index is 1.57. The van der Waals surface area contributed by atoms with Crippen LogP contribution >= 0.6 is 0 Å². The van der Waals surface area contributed by atoms with E-state index in [1.807, 2.05) is 12.1 Å². The third-order valence-electron chi connectivity index (χ3n) is 5.45. The lowest BCUT2D eigenvalue weighted by atomic mass is 9.85. The van der Waals surface area contributed by atoms with Gasteiger partial charge in [0.25, 0.3) is 0 Å². The maximum absolute atomic E-state index is 12.7. The van der Waals surface area contributed by atoms with Gasteiger partial charge >= 0.3 is 5.97 Å². The zero-order chi connectivity index (χ0) is 20.7. The number of aryl methyl sites for hydroxylation is 1. The van der Waals surface area contributed by atoms with E-state index in [-0.39, 0.29) is 30.2 Å². The number of ether oxygens (including phenoxy) is 1. The predicted octanol–water partition coefficient (Wildman–Crippen LogP) is 3.92. The first-order chi connectivity index (χ1) is 14.0. The molecule has 1 heterocycles. The predicted molar refractivity (Wildman–Crippen MR) is 110 cm³/mol. The van der Waals surface area contributed by atoms with E-state index in [2.05, 4.69) is 6.07 Å². The molecular formula is C23H25NO4S. The van der Waals surface area contributed by atoms with Crippen molar-refractivity contribution < 1.29 is 17.9 Å². The number of unbranched alkanes of at least 4 members (excludes halogenated alkanes) is 1. The van der Waals surface area contributed by atoms with Crippen LogP contribution in [-0.2, 0) is 25.8 Å². The van der Waals surface area contributed by atoms with Gasteiger partial charge < -0.3 is 4.74 Å². The molecule has 0 N–H and O–H groups in total. The number of nitrogens with zero attached hydrogens (tertiary/aromatic N) is 1. The Morgan fingerprint density at radius 2 is 1.76 bits per heavy atom. The van der Waals surface area contributed by atoms with E-state index in [1.54, 1.807) is 42.5 Å². The third kappa shape index (κ3) is 5.68. The average Bonchev–Trinajstić information content (AvgIpc) is 2.73. The first kappa shape index (κ1) is 21.1. The summed E-state index contributed by atoms with van der Waals surface area (Å²) in [6.45, 7) is 0.287. The number of sulfone groups is 1. The molecule has 2 atom stereocenters. The Labute approximate surface area is 172 Å². The smallest absolute Gasteiger partial charge is 0.309 e. The topological polar surface area (TPSA) is 84.2 Å². The second kappa shape index (κ2) is 9.71. The van der Waals surface area contributed by atoms with Crippen LogP contribution in [0.25, 0.3) is 0 Å². The molecule has 2 aromatic rings. The molecule has 5 nitrogen and oxygen atoms in total. The van der Waals surface area contributed by atoms with E-state index in [0.717, 1.165) is 24.8 Å². The SMILES string of the molecule is N#Cc1ccc(CCCCC2C(=O)OCCC2CS(=O)(=O)c2ccccc2)cc1. The van der Waals surface area contributed by atoms with Crippen LogP contribution in [0.2, 0.25) is 0 Å². The molecular weight excluding hydrogens is 386 g/mol. The Kier molecular flexibility index (Phi) is 7.05. The molecule has 3 rings (SSSR count). The zero-order valence-electron chi connectivity index (χ0n) is 16.3. The lowest BCUT2D eigenvalue weighted by Crippen LogP contribution is -2.36. The van der Waals surface area contributed by atoms with Crippen LogP contribution in [0.15, 0.2) is 59.5 Å². The Morgan fingerprint density at radius 3 is 2.45 bits per heavy atom. The van der Waals surface area contributed by atoms with Gasteiger partial charge in [0.1, 0.15) is 0 Å². The lowest BCUT2D eigenvalue weighted by Gasteiger charge is -2.30. The maximum atomic E-state index is 12.7. The van der Waals surface area contributed by atoms with Crippen LogP contribution in [0.1, 0.15) is 36.8 Å². The highest BCUT2D eigenvalue weighted by molar-refractivity contribution is 7.91. The number of rotatable bonds is 8. The van der Waals surface area contributed by atoms with Crippen molar-refractivity contribution in [2.45, 2.75) is 37.0 Å². The molecule has 1 fully saturated rings. The molecule has 0 bridgehead atoms. The van der Waals surface area contributed by atoms with Gasteiger partial charge in [0.15, 0.2) is 9.84 Å². The van der Waals surface area contributed by atoms with Crippen molar-refractivity contribution in [1.82, 2.24) is 0 Å². The maximum Gasteiger partial charge on any atom is 0.309 e. The highest BCUT2D eigenvalue weighted by Crippen LogP contribution is 2.30. The van der Waals surface area contributed by atoms with Gasteiger partial charge in [-0.3, -0.25) is 4.79 Å². The van der Waals surface area contributed by atoms with E-state index in [9.17, 15) is 13.2 Å². The normalized spacial score (nSPS) is 19.3. The van der Waals surface area contributed by atoms with E-state index in [1.165, 1.54) is 0 Å². The van der Waals surface area contributed by atoms with Gasteiger partial charge in [0, 0.05) is 0 Å². The third-order valence-corrected chi connectivity index (χ3v) is 7.31. The van der Waals surface area contributed by atoms with Crippen LogP contribution in [0.3, 0.4) is 0 Å². The molecule has 0 aliphatic carbocycles. The highest BCUT2D eigenvalue weighted by atomic mass is 32.2. The Hall–Kier alpha value is -2.65. The summed E-state index contributed by atoms with van der Waals surface area (Å²) in [7, 11) is -3.43. The van der Waals surface area contributed by atoms with Crippen molar-refractivity contribution in [2.24, 2.45) is 11.8 Å². The van der Waals surface area contributed by atoms with Gasteiger partial charge in [-0.1, -0.05) is 36.8 Å². The number of carbonyl (C=O) groups excluding carboxylic acids is 1. The second-order valence-electron chi connectivity index (χ2n) is 7.47. The van der Waals surface area contributed by atoms with Crippen molar-refractivity contribution in [3.05, 3.63) is 65.7 Å². The van der Waals surface area contributed by atoms with Gasteiger partial charge in [-0.05, 0) is 61.4 Å². The van der Waals surface area contributed by atoms with Crippen molar-refractivity contribution in [2.75, 3.05) is 12.4 Å². The molecule has 6 heteroatoms. The van der Waals surface area contributed by atoms with Gasteiger partial charge in [-0.2, -0.15) is 5.26 Å². The summed E-state index contributed by atoms with van der Waals surface area (Å²) in [6.07, 6.45) is 3.79. The molecule has 152 valence electrons. The fraction of sp³-hybridized carbons (Fsp3) is 0.391. The summed E-state index contributed by atoms with van der Waals surface area (Å²) in [4.78, 5) is 12.6. The van der Waals surface area contributed by atoms with E-state index in [4.69, 9.17) is 10.00 Å². The largest absolute Gasteiger partial charge is 0.465 e. The summed E-state index contributed by atoms with van der Waals surface area (Å²) in [6, 6.07) is 18.0. The Morgan fingerprint density at radius 1 is 1.03 bits per heavy atom. The Bertz CT molecular complexity index is 962. The molecule has 0 spiro atoms. The molecule has 0 saturated carbocycles. The fourth-order valence-corrected chi connectivity index (χ4v) is 5.54. The average molecular weight is 412 g/mol. The van der Waals surface area contributed by atoms with E-state index >= 15 is 0 Å². The van der Waals surface area contributed by atoms with Crippen LogP contribution in [-0.4, -0.2) is 26.7 Å². The number of cyclic esters (lactones) is 1. The molecule has 1 aliphatic rings. The highest BCUT2D eigenvalue weighted by Gasteiger charge is 2.36. The first-order valence-corrected chi connectivity index (χ1v) is 11.6. The zero-order valence-corrected chi connectivity index (χ0v) is 17.1. The molecule has 0 amide bonds. The fourth-order valence-electron chi connectivity index (χ4n) is 3.81. The number of carbonyl (C=O) groups is 1. The van der Waals surface area contributed by atoms with Crippen molar-refractivity contribution in [3.8, 4) is 6.07 Å². The van der Waals surface area contributed by atoms with Crippen LogP contribution in [0.5, 0.6) is 0 Å². The number of nitriles is 1. The minimum atomic E-state index is -3.43. The number of esters is 1.